The average Bonchev–Trinajstić information content (AvgIpc) is 3.32. The van der Waals surface area contributed by atoms with Crippen molar-refractivity contribution >= 4 is 11.9 Å². The second kappa shape index (κ2) is 8.99. The molecule has 0 aromatic carbocycles. The molecule has 0 spiro atoms. The van der Waals surface area contributed by atoms with E-state index in [4.69, 9.17) is 4.74 Å². The number of aryl methyl sites for hydroxylation is 2. The van der Waals surface area contributed by atoms with E-state index in [-0.39, 0.29) is 5.91 Å². The quantitative estimate of drug-likeness (QED) is 0.639. The van der Waals surface area contributed by atoms with Gasteiger partial charge in [0, 0.05) is 43.7 Å². The molecule has 2 aromatic rings. The summed E-state index contributed by atoms with van der Waals surface area (Å²) in [7, 11) is 0. The molecule has 0 fully saturated rings. The van der Waals surface area contributed by atoms with E-state index in [9.17, 15) is 9.59 Å². The summed E-state index contributed by atoms with van der Waals surface area (Å²) in [6, 6.07) is 0. The Kier molecular flexibility index (Phi) is 6.43. The lowest BCUT2D eigenvalue weighted by atomic mass is 10.0. The van der Waals surface area contributed by atoms with Crippen molar-refractivity contribution in [1.29, 1.82) is 0 Å². The van der Waals surface area contributed by atoms with Crippen molar-refractivity contribution < 1.29 is 14.3 Å². The molecule has 9 nitrogen and oxygen atoms in total. The molecule has 0 radical (unpaired) electrons. The number of carbonyl (C=O) groups is 2. The Morgan fingerprint density at radius 1 is 1.29 bits per heavy atom. The first-order chi connectivity index (χ1) is 13.5. The molecule has 2 aromatic heterocycles. The summed E-state index contributed by atoms with van der Waals surface area (Å²) in [6.07, 6.45) is 5.06. The van der Waals surface area contributed by atoms with Crippen molar-refractivity contribution in [3.05, 3.63) is 29.6 Å². The van der Waals surface area contributed by atoms with Gasteiger partial charge in [0.2, 0.25) is 5.91 Å². The van der Waals surface area contributed by atoms with E-state index < -0.39 is 5.97 Å². The number of amides is 1. The van der Waals surface area contributed by atoms with E-state index in [0.29, 0.717) is 50.7 Å². The molecule has 1 aliphatic heterocycles. The van der Waals surface area contributed by atoms with Crippen LogP contribution in [0.2, 0.25) is 0 Å². The van der Waals surface area contributed by atoms with Gasteiger partial charge in [-0.1, -0.05) is 13.8 Å². The highest BCUT2D eigenvalue weighted by molar-refractivity contribution is 5.89. The molecular weight excluding hydrogens is 360 g/mol. The largest absolute Gasteiger partial charge is 0.461 e. The van der Waals surface area contributed by atoms with Crippen molar-refractivity contribution in [2.75, 3.05) is 13.2 Å². The van der Waals surface area contributed by atoms with Gasteiger partial charge >= 0.3 is 5.97 Å². The zero-order valence-electron chi connectivity index (χ0n) is 16.8. The van der Waals surface area contributed by atoms with Gasteiger partial charge in [0.25, 0.3) is 0 Å². The maximum atomic E-state index is 12.7. The number of fused-ring (bicyclic) bond motifs is 1. The molecule has 0 atom stereocenters. The number of esters is 1. The number of aromatic nitrogens is 5. The van der Waals surface area contributed by atoms with Gasteiger partial charge in [-0.05, 0) is 19.3 Å². The Hall–Kier alpha value is -2.71. The van der Waals surface area contributed by atoms with Crippen molar-refractivity contribution in [2.24, 2.45) is 5.92 Å². The summed E-state index contributed by atoms with van der Waals surface area (Å²) in [5, 5.41) is 8.57. The number of nitrogens with zero attached hydrogens (tertiary/aromatic N) is 6. The van der Waals surface area contributed by atoms with Gasteiger partial charge in [0.05, 0.1) is 13.2 Å². The van der Waals surface area contributed by atoms with Crippen LogP contribution in [0.3, 0.4) is 0 Å². The van der Waals surface area contributed by atoms with E-state index in [1.165, 1.54) is 6.33 Å². The van der Waals surface area contributed by atoms with Gasteiger partial charge in [-0.3, -0.25) is 14.2 Å². The van der Waals surface area contributed by atoms with Crippen molar-refractivity contribution in [3.8, 4) is 0 Å². The van der Waals surface area contributed by atoms with Crippen LogP contribution in [0.5, 0.6) is 0 Å². The van der Waals surface area contributed by atoms with Gasteiger partial charge in [0.1, 0.15) is 12.7 Å². The van der Waals surface area contributed by atoms with Crippen molar-refractivity contribution in [2.45, 2.75) is 59.7 Å². The number of carbonyl (C=O) groups excluding carboxylic acids is 2. The number of ether oxygens (including phenoxy) is 1. The van der Waals surface area contributed by atoms with E-state index in [1.54, 1.807) is 22.8 Å². The summed E-state index contributed by atoms with van der Waals surface area (Å²) in [5.74, 6) is 0.161. The maximum absolute atomic E-state index is 12.7. The molecule has 0 saturated heterocycles. The molecule has 1 aliphatic rings. The zero-order chi connectivity index (χ0) is 20.1. The van der Waals surface area contributed by atoms with E-state index in [1.807, 2.05) is 4.68 Å². The summed E-state index contributed by atoms with van der Waals surface area (Å²) in [4.78, 5) is 30.7. The molecule has 0 unspecified atom stereocenters. The Balaban J connectivity index is 1.75. The topological polar surface area (TPSA) is 95.1 Å². The molecule has 152 valence electrons. The first-order valence-corrected chi connectivity index (χ1v) is 9.85. The van der Waals surface area contributed by atoms with Crippen LogP contribution in [0.15, 0.2) is 12.7 Å². The lowest BCUT2D eigenvalue weighted by Crippen LogP contribution is -2.37. The van der Waals surface area contributed by atoms with Gasteiger partial charge in [-0.15, -0.1) is 0 Å². The lowest BCUT2D eigenvalue weighted by Gasteiger charge is -2.28. The summed E-state index contributed by atoms with van der Waals surface area (Å²) >= 11 is 0. The second-order valence-corrected chi connectivity index (χ2v) is 7.37. The van der Waals surface area contributed by atoms with Crippen LogP contribution in [0.25, 0.3) is 0 Å². The Morgan fingerprint density at radius 3 is 2.79 bits per heavy atom. The second-order valence-electron chi connectivity index (χ2n) is 7.37. The number of hydrogen-bond donors (Lipinski definition) is 0. The number of hydrogen-bond acceptors (Lipinski definition) is 6. The normalized spacial score (nSPS) is 13.6. The van der Waals surface area contributed by atoms with Crippen LogP contribution in [0, 0.1) is 5.92 Å². The van der Waals surface area contributed by atoms with Crippen molar-refractivity contribution in [1.82, 2.24) is 29.4 Å². The van der Waals surface area contributed by atoms with E-state index in [0.717, 1.165) is 24.2 Å². The Labute approximate surface area is 164 Å². The highest BCUT2D eigenvalue weighted by Gasteiger charge is 2.30. The van der Waals surface area contributed by atoms with Gasteiger partial charge in [0.15, 0.2) is 5.69 Å². The fourth-order valence-electron chi connectivity index (χ4n) is 3.35. The van der Waals surface area contributed by atoms with Crippen LogP contribution in [-0.4, -0.2) is 54.5 Å². The van der Waals surface area contributed by atoms with Gasteiger partial charge in [-0.25, -0.2) is 9.78 Å². The Morgan fingerprint density at radius 2 is 2.11 bits per heavy atom. The molecule has 0 aliphatic carbocycles. The van der Waals surface area contributed by atoms with Gasteiger partial charge < -0.3 is 9.64 Å². The molecule has 3 rings (SSSR count). The third kappa shape index (κ3) is 4.58. The predicted molar refractivity (Wildman–Crippen MR) is 101 cm³/mol. The third-order valence-electron chi connectivity index (χ3n) is 4.90. The lowest BCUT2D eigenvalue weighted by molar-refractivity contribution is -0.132. The summed E-state index contributed by atoms with van der Waals surface area (Å²) < 4.78 is 8.76. The standard InChI is InChI=1S/C19H28N6O3/c1-4-28-19(27)18-15-11-23(17(26)7-9-24-13-20-12-21-24)8-6-16(15)25(22-18)10-5-14(2)3/h12-14H,4-11H2,1-3H3. The summed E-state index contributed by atoms with van der Waals surface area (Å²) in [5.41, 5.74) is 2.21. The number of rotatable bonds is 8. The molecule has 0 N–H and O–H groups in total. The van der Waals surface area contributed by atoms with Crippen LogP contribution in [-0.2, 0) is 35.6 Å². The molecule has 3 heterocycles. The Bertz CT molecular complexity index is 812. The smallest absolute Gasteiger partial charge is 0.359 e. The molecular formula is C19H28N6O3. The third-order valence-corrected chi connectivity index (χ3v) is 4.90. The maximum Gasteiger partial charge on any atom is 0.359 e. The van der Waals surface area contributed by atoms with Gasteiger partial charge in [-0.2, -0.15) is 10.2 Å². The zero-order valence-corrected chi connectivity index (χ0v) is 16.8. The van der Waals surface area contributed by atoms with E-state index >= 15 is 0 Å². The van der Waals surface area contributed by atoms with Crippen LogP contribution in [0.4, 0.5) is 0 Å². The van der Waals surface area contributed by atoms with E-state index in [2.05, 4.69) is 29.0 Å². The van der Waals surface area contributed by atoms with Crippen LogP contribution >= 0.6 is 0 Å². The minimum Gasteiger partial charge on any atom is -0.461 e. The fraction of sp³-hybridized carbons (Fsp3) is 0.632. The van der Waals surface area contributed by atoms with Crippen molar-refractivity contribution in [3.63, 3.8) is 0 Å². The molecule has 1 amide bonds. The highest BCUT2D eigenvalue weighted by atomic mass is 16.5. The first-order valence-electron chi connectivity index (χ1n) is 9.85. The monoisotopic (exact) mass is 388 g/mol. The highest BCUT2D eigenvalue weighted by Crippen LogP contribution is 2.25. The van der Waals surface area contributed by atoms with Crippen LogP contribution < -0.4 is 0 Å². The molecule has 28 heavy (non-hydrogen) atoms. The minimum absolute atomic E-state index is 0.0332. The molecule has 0 saturated carbocycles. The average molecular weight is 388 g/mol. The predicted octanol–water partition coefficient (Wildman–Crippen LogP) is 1.67. The minimum atomic E-state index is -0.418. The summed E-state index contributed by atoms with van der Waals surface area (Å²) in [6.45, 7) is 8.67. The van der Waals surface area contributed by atoms with Crippen LogP contribution in [0.1, 0.15) is 55.4 Å². The first kappa shape index (κ1) is 20.0. The SMILES string of the molecule is CCOC(=O)c1nn(CCC(C)C)c2c1CN(C(=O)CCn1cncn1)CC2. The molecule has 9 heteroatoms. The fourth-order valence-corrected chi connectivity index (χ4v) is 3.35. The molecule has 0 bridgehead atoms.